The van der Waals surface area contributed by atoms with Crippen molar-refractivity contribution in [3.63, 3.8) is 0 Å². The van der Waals surface area contributed by atoms with Gasteiger partial charge in [0.2, 0.25) is 0 Å². The van der Waals surface area contributed by atoms with Gasteiger partial charge in [0.1, 0.15) is 10.3 Å². The second kappa shape index (κ2) is 3.38. The SMILES string of the molecule is CC1(CNc2nc[nH]c(=O)c2Br)CC1. The van der Waals surface area contributed by atoms with Gasteiger partial charge < -0.3 is 10.3 Å². The molecule has 0 saturated heterocycles. The molecule has 1 heterocycles. The van der Waals surface area contributed by atoms with Crippen LogP contribution < -0.4 is 10.9 Å². The van der Waals surface area contributed by atoms with Crippen LogP contribution in [0.25, 0.3) is 0 Å². The Morgan fingerprint density at radius 3 is 3.07 bits per heavy atom. The van der Waals surface area contributed by atoms with Crippen LogP contribution >= 0.6 is 15.9 Å². The molecule has 0 atom stereocenters. The zero-order valence-corrected chi connectivity index (χ0v) is 9.52. The molecule has 1 aliphatic rings. The molecule has 0 unspecified atom stereocenters. The van der Waals surface area contributed by atoms with Crippen molar-refractivity contribution in [1.82, 2.24) is 9.97 Å². The first-order valence-corrected chi connectivity index (χ1v) is 5.37. The molecular formula is C9H12BrN3O. The number of aromatic amines is 1. The highest BCUT2D eigenvalue weighted by molar-refractivity contribution is 9.10. The van der Waals surface area contributed by atoms with E-state index in [0.29, 0.717) is 15.7 Å². The van der Waals surface area contributed by atoms with Gasteiger partial charge in [-0.25, -0.2) is 4.98 Å². The summed E-state index contributed by atoms with van der Waals surface area (Å²) in [4.78, 5) is 17.8. The lowest BCUT2D eigenvalue weighted by molar-refractivity contribution is 0.609. The molecule has 1 fully saturated rings. The van der Waals surface area contributed by atoms with Crippen LogP contribution in [-0.4, -0.2) is 16.5 Å². The number of H-pyrrole nitrogens is 1. The highest BCUT2D eigenvalue weighted by Crippen LogP contribution is 2.44. The molecule has 0 spiro atoms. The Morgan fingerprint density at radius 1 is 1.71 bits per heavy atom. The third-order valence-electron chi connectivity index (χ3n) is 2.58. The van der Waals surface area contributed by atoms with Crippen molar-refractivity contribution >= 4 is 21.7 Å². The second-order valence-corrected chi connectivity index (χ2v) is 4.85. The molecule has 2 rings (SSSR count). The largest absolute Gasteiger partial charge is 0.368 e. The molecule has 14 heavy (non-hydrogen) atoms. The molecule has 0 radical (unpaired) electrons. The third-order valence-corrected chi connectivity index (χ3v) is 3.32. The fourth-order valence-corrected chi connectivity index (χ4v) is 1.55. The van der Waals surface area contributed by atoms with Gasteiger partial charge in [-0.3, -0.25) is 4.79 Å². The van der Waals surface area contributed by atoms with Gasteiger partial charge in [-0.05, 0) is 34.2 Å². The Hall–Kier alpha value is -0.840. The Labute approximate surface area is 90.3 Å². The number of anilines is 1. The van der Waals surface area contributed by atoms with Crippen LogP contribution in [0.4, 0.5) is 5.82 Å². The topological polar surface area (TPSA) is 57.8 Å². The first-order valence-electron chi connectivity index (χ1n) is 4.58. The summed E-state index contributed by atoms with van der Waals surface area (Å²) >= 11 is 3.20. The van der Waals surface area contributed by atoms with Gasteiger partial charge in [-0.15, -0.1) is 0 Å². The number of halogens is 1. The fourth-order valence-electron chi connectivity index (χ4n) is 1.19. The van der Waals surface area contributed by atoms with Gasteiger partial charge >= 0.3 is 0 Å². The van der Waals surface area contributed by atoms with Gasteiger partial charge in [-0.2, -0.15) is 0 Å². The summed E-state index contributed by atoms with van der Waals surface area (Å²) in [6.45, 7) is 3.10. The standard InChI is InChI=1S/C9H12BrN3O/c1-9(2-3-9)4-11-7-6(10)8(14)13-5-12-7/h5H,2-4H2,1H3,(H2,11,12,13,14). The summed E-state index contributed by atoms with van der Waals surface area (Å²) in [7, 11) is 0. The van der Waals surface area contributed by atoms with E-state index in [1.165, 1.54) is 19.2 Å². The molecule has 76 valence electrons. The Kier molecular flexibility index (Phi) is 2.34. The minimum Gasteiger partial charge on any atom is -0.368 e. The third kappa shape index (κ3) is 1.97. The van der Waals surface area contributed by atoms with E-state index in [9.17, 15) is 4.79 Å². The van der Waals surface area contributed by atoms with E-state index in [1.807, 2.05) is 0 Å². The number of nitrogens with zero attached hydrogens (tertiary/aromatic N) is 1. The maximum Gasteiger partial charge on any atom is 0.267 e. The van der Waals surface area contributed by atoms with Crippen molar-refractivity contribution in [2.24, 2.45) is 5.41 Å². The molecule has 1 aliphatic carbocycles. The zero-order valence-electron chi connectivity index (χ0n) is 7.93. The maximum atomic E-state index is 11.2. The molecule has 0 amide bonds. The van der Waals surface area contributed by atoms with Gasteiger partial charge in [0, 0.05) is 6.54 Å². The molecule has 5 heteroatoms. The predicted octanol–water partition coefficient (Wildman–Crippen LogP) is 1.74. The van der Waals surface area contributed by atoms with Crippen LogP contribution in [0.5, 0.6) is 0 Å². The summed E-state index contributed by atoms with van der Waals surface area (Å²) in [5.74, 6) is 0.627. The average Bonchev–Trinajstić information content (AvgIpc) is 2.88. The zero-order chi connectivity index (χ0) is 10.2. The first-order chi connectivity index (χ1) is 6.61. The number of rotatable bonds is 3. The van der Waals surface area contributed by atoms with Gasteiger partial charge in [0.25, 0.3) is 5.56 Å². The average molecular weight is 258 g/mol. The molecule has 1 saturated carbocycles. The molecule has 1 aromatic rings. The van der Waals surface area contributed by atoms with Crippen molar-refractivity contribution in [3.8, 4) is 0 Å². The van der Waals surface area contributed by atoms with E-state index in [2.05, 4.69) is 38.1 Å². The summed E-state index contributed by atoms with van der Waals surface area (Å²) in [6.07, 6.45) is 3.91. The summed E-state index contributed by atoms with van der Waals surface area (Å²) in [5.41, 5.74) is 0.257. The van der Waals surface area contributed by atoms with Crippen LogP contribution in [0.1, 0.15) is 19.8 Å². The Balaban J connectivity index is 2.09. The van der Waals surface area contributed by atoms with Crippen LogP contribution in [0.3, 0.4) is 0 Å². The maximum absolute atomic E-state index is 11.2. The lowest BCUT2D eigenvalue weighted by Gasteiger charge is -2.10. The summed E-state index contributed by atoms with van der Waals surface area (Å²) in [6, 6.07) is 0. The number of hydrogen-bond acceptors (Lipinski definition) is 3. The van der Waals surface area contributed by atoms with Crippen molar-refractivity contribution in [2.45, 2.75) is 19.8 Å². The number of hydrogen-bond donors (Lipinski definition) is 2. The fraction of sp³-hybridized carbons (Fsp3) is 0.556. The van der Waals surface area contributed by atoms with Crippen LogP contribution in [0.2, 0.25) is 0 Å². The van der Waals surface area contributed by atoms with Crippen molar-refractivity contribution in [2.75, 3.05) is 11.9 Å². The van der Waals surface area contributed by atoms with Crippen LogP contribution in [-0.2, 0) is 0 Å². The predicted molar refractivity (Wildman–Crippen MR) is 58.4 cm³/mol. The molecule has 1 aromatic heterocycles. The van der Waals surface area contributed by atoms with Crippen molar-refractivity contribution < 1.29 is 0 Å². The summed E-state index contributed by atoms with van der Waals surface area (Å²) < 4.78 is 0.476. The van der Waals surface area contributed by atoms with Gasteiger partial charge in [-0.1, -0.05) is 6.92 Å². The molecule has 0 aliphatic heterocycles. The molecular weight excluding hydrogens is 246 g/mol. The highest BCUT2D eigenvalue weighted by Gasteiger charge is 2.36. The van der Waals surface area contributed by atoms with Crippen molar-refractivity contribution in [1.29, 1.82) is 0 Å². The molecule has 2 N–H and O–H groups in total. The van der Waals surface area contributed by atoms with E-state index >= 15 is 0 Å². The minimum atomic E-state index is -0.150. The smallest absolute Gasteiger partial charge is 0.267 e. The van der Waals surface area contributed by atoms with E-state index in [1.54, 1.807) is 0 Å². The second-order valence-electron chi connectivity index (χ2n) is 4.06. The minimum absolute atomic E-state index is 0.150. The highest BCUT2D eigenvalue weighted by atomic mass is 79.9. The molecule has 0 aromatic carbocycles. The summed E-state index contributed by atoms with van der Waals surface area (Å²) in [5, 5.41) is 3.18. The monoisotopic (exact) mass is 257 g/mol. The lowest BCUT2D eigenvalue weighted by atomic mass is 10.1. The van der Waals surface area contributed by atoms with E-state index in [-0.39, 0.29) is 5.56 Å². The quantitative estimate of drug-likeness (QED) is 0.868. The van der Waals surface area contributed by atoms with Gasteiger partial charge in [0.15, 0.2) is 0 Å². The normalized spacial score (nSPS) is 17.9. The Morgan fingerprint density at radius 2 is 2.43 bits per heavy atom. The van der Waals surface area contributed by atoms with E-state index < -0.39 is 0 Å². The Bertz CT molecular complexity index is 397. The van der Waals surface area contributed by atoms with Crippen molar-refractivity contribution in [3.05, 3.63) is 21.2 Å². The van der Waals surface area contributed by atoms with Gasteiger partial charge in [0.05, 0.1) is 6.33 Å². The van der Waals surface area contributed by atoms with E-state index in [4.69, 9.17) is 0 Å². The first kappa shape index (κ1) is 9.71. The van der Waals surface area contributed by atoms with Crippen LogP contribution in [0, 0.1) is 5.41 Å². The lowest BCUT2D eigenvalue weighted by Crippen LogP contribution is -2.16. The van der Waals surface area contributed by atoms with E-state index in [0.717, 1.165) is 6.54 Å². The molecule has 0 bridgehead atoms. The number of nitrogens with one attached hydrogen (secondary N) is 2. The van der Waals surface area contributed by atoms with Crippen LogP contribution in [0.15, 0.2) is 15.6 Å². The number of aromatic nitrogens is 2. The molecule has 4 nitrogen and oxygen atoms in total.